The van der Waals surface area contributed by atoms with Crippen LogP contribution in [-0.2, 0) is 14.3 Å². The molecule has 0 aromatic heterocycles. The predicted molar refractivity (Wildman–Crippen MR) is 78.0 cm³/mol. The average molecular weight is 284 g/mol. The molecule has 0 radical (unpaired) electrons. The zero-order valence-electron chi connectivity index (χ0n) is 13.1. The van der Waals surface area contributed by atoms with E-state index in [0.29, 0.717) is 19.6 Å². The number of amides is 1. The maximum absolute atomic E-state index is 12.4. The Morgan fingerprint density at radius 1 is 1.35 bits per heavy atom. The van der Waals surface area contributed by atoms with Gasteiger partial charge in [0, 0.05) is 19.0 Å². The van der Waals surface area contributed by atoms with E-state index in [1.54, 1.807) is 11.8 Å². The van der Waals surface area contributed by atoms with E-state index in [2.05, 4.69) is 0 Å². The monoisotopic (exact) mass is 284 g/mol. The van der Waals surface area contributed by atoms with Crippen molar-refractivity contribution < 1.29 is 14.3 Å². The molecule has 1 saturated heterocycles. The van der Waals surface area contributed by atoms with Crippen molar-refractivity contribution in [2.75, 3.05) is 13.2 Å². The molecule has 116 valence electrons. The quantitative estimate of drug-likeness (QED) is 0.797. The fraction of sp³-hybridized carbons (Fsp3) is 0.867. The number of rotatable bonds is 4. The van der Waals surface area contributed by atoms with E-state index in [0.717, 1.165) is 12.8 Å². The molecular weight excluding hydrogens is 256 g/mol. The van der Waals surface area contributed by atoms with Gasteiger partial charge in [-0.15, -0.1) is 0 Å². The van der Waals surface area contributed by atoms with Gasteiger partial charge in [0.2, 0.25) is 5.91 Å². The Hall–Kier alpha value is -1.10. The molecule has 2 N–H and O–H groups in total. The van der Waals surface area contributed by atoms with E-state index in [1.165, 1.54) is 0 Å². The van der Waals surface area contributed by atoms with Crippen LogP contribution in [-0.4, -0.2) is 42.0 Å². The molecule has 2 unspecified atom stereocenters. The van der Waals surface area contributed by atoms with Gasteiger partial charge in [0.05, 0.1) is 6.61 Å². The van der Waals surface area contributed by atoms with Gasteiger partial charge in [-0.1, -0.05) is 20.8 Å². The minimum atomic E-state index is -0.427. The number of piperidine rings is 1. The lowest BCUT2D eigenvalue weighted by Crippen LogP contribution is -2.51. The number of carbonyl (C=O) groups excluding carboxylic acids is 2. The predicted octanol–water partition coefficient (Wildman–Crippen LogP) is 1.69. The van der Waals surface area contributed by atoms with E-state index in [-0.39, 0.29) is 29.8 Å². The van der Waals surface area contributed by atoms with E-state index >= 15 is 0 Å². The van der Waals surface area contributed by atoms with Gasteiger partial charge >= 0.3 is 5.97 Å². The Balaban J connectivity index is 2.70. The smallest absolute Gasteiger partial charge is 0.328 e. The number of esters is 1. The number of hydrogen-bond acceptors (Lipinski definition) is 4. The summed E-state index contributed by atoms with van der Waals surface area (Å²) in [6.07, 6.45) is 2.86. The van der Waals surface area contributed by atoms with Gasteiger partial charge in [-0.25, -0.2) is 4.79 Å². The van der Waals surface area contributed by atoms with Crippen LogP contribution in [0.4, 0.5) is 0 Å². The highest BCUT2D eigenvalue weighted by atomic mass is 16.5. The van der Waals surface area contributed by atoms with Gasteiger partial charge in [0.25, 0.3) is 0 Å². The molecule has 20 heavy (non-hydrogen) atoms. The Labute approximate surface area is 121 Å². The molecule has 0 aromatic carbocycles. The highest BCUT2D eigenvalue weighted by Crippen LogP contribution is 2.24. The van der Waals surface area contributed by atoms with Gasteiger partial charge in [0.1, 0.15) is 6.04 Å². The molecular formula is C15H28N2O3. The van der Waals surface area contributed by atoms with Crippen LogP contribution in [0.2, 0.25) is 0 Å². The number of ether oxygens (including phenoxy) is 1. The second kappa shape index (κ2) is 7.07. The first-order valence-electron chi connectivity index (χ1n) is 7.49. The van der Waals surface area contributed by atoms with Gasteiger partial charge in [-0.3, -0.25) is 4.79 Å². The highest BCUT2D eigenvalue weighted by Gasteiger charge is 2.34. The summed E-state index contributed by atoms with van der Waals surface area (Å²) >= 11 is 0. The molecule has 5 heteroatoms. The average Bonchev–Trinajstić information content (AvgIpc) is 2.37. The van der Waals surface area contributed by atoms with Crippen LogP contribution in [0, 0.1) is 5.41 Å². The summed E-state index contributed by atoms with van der Waals surface area (Å²) in [5.41, 5.74) is 5.95. The summed E-state index contributed by atoms with van der Waals surface area (Å²) in [6, 6.07) is -0.636. The first-order chi connectivity index (χ1) is 9.27. The SMILES string of the molecule is CCOC(=O)C1CCCCN1C(=O)CC(N)C(C)(C)C. The first kappa shape index (κ1) is 17.0. The van der Waals surface area contributed by atoms with Crippen LogP contribution in [0.1, 0.15) is 53.4 Å². The third-order valence-corrected chi connectivity index (χ3v) is 3.89. The second-order valence-corrected chi connectivity index (χ2v) is 6.53. The van der Waals surface area contributed by atoms with Crippen molar-refractivity contribution in [2.24, 2.45) is 11.1 Å². The van der Waals surface area contributed by atoms with Gasteiger partial charge < -0.3 is 15.4 Å². The molecule has 2 atom stereocenters. The summed E-state index contributed by atoms with van der Waals surface area (Å²) in [5, 5.41) is 0. The van der Waals surface area contributed by atoms with E-state index < -0.39 is 6.04 Å². The molecule has 1 fully saturated rings. The van der Waals surface area contributed by atoms with Crippen molar-refractivity contribution in [3.63, 3.8) is 0 Å². The summed E-state index contributed by atoms with van der Waals surface area (Å²) < 4.78 is 5.07. The molecule has 0 spiro atoms. The summed E-state index contributed by atoms with van der Waals surface area (Å²) in [5.74, 6) is -0.324. The number of hydrogen-bond donors (Lipinski definition) is 1. The zero-order chi connectivity index (χ0) is 15.3. The van der Waals surface area contributed by atoms with Crippen molar-refractivity contribution in [1.29, 1.82) is 0 Å². The Morgan fingerprint density at radius 3 is 2.55 bits per heavy atom. The van der Waals surface area contributed by atoms with E-state index in [1.807, 2.05) is 20.8 Å². The lowest BCUT2D eigenvalue weighted by molar-refractivity contribution is -0.156. The van der Waals surface area contributed by atoms with Crippen LogP contribution in [0.5, 0.6) is 0 Å². The Morgan fingerprint density at radius 2 is 2.00 bits per heavy atom. The summed E-state index contributed by atoms with van der Waals surface area (Å²) in [6.45, 7) is 8.80. The van der Waals surface area contributed by atoms with Gasteiger partial charge in [-0.05, 0) is 31.6 Å². The minimum Gasteiger partial charge on any atom is -0.464 e. The molecule has 0 aliphatic carbocycles. The van der Waals surface area contributed by atoms with Crippen molar-refractivity contribution in [2.45, 2.75) is 65.5 Å². The lowest BCUT2D eigenvalue weighted by atomic mass is 9.85. The fourth-order valence-electron chi connectivity index (χ4n) is 2.33. The van der Waals surface area contributed by atoms with Gasteiger partial charge in [-0.2, -0.15) is 0 Å². The molecule has 1 aliphatic heterocycles. The molecule has 0 aromatic rings. The van der Waals surface area contributed by atoms with E-state index in [9.17, 15) is 9.59 Å². The van der Waals surface area contributed by atoms with Crippen molar-refractivity contribution in [1.82, 2.24) is 4.90 Å². The van der Waals surface area contributed by atoms with Crippen molar-refractivity contribution in [3.05, 3.63) is 0 Å². The van der Waals surface area contributed by atoms with Crippen molar-refractivity contribution in [3.8, 4) is 0 Å². The van der Waals surface area contributed by atoms with Crippen LogP contribution >= 0.6 is 0 Å². The topological polar surface area (TPSA) is 72.6 Å². The maximum atomic E-state index is 12.4. The standard InChI is InChI=1S/C15H28N2O3/c1-5-20-14(19)11-8-6-7-9-17(11)13(18)10-12(16)15(2,3)4/h11-12H,5-10,16H2,1-4H3. The van der Waals surface area contributed by atoms with Crippen LogP contribution in [0.25, 0.3) is 0 Å². The Bertz CT molecular complexity index is 350. The van der Waals surface area contributed by atoms with Crippen LogP contribution < -0.4 is 5.73 Å². The number of nitrogens with zero attached hydrogens (tertiary/aromatic N) is 1. The third-order valence-electron chi connectivity index (χ3n) is 3.89. The minimum absolute atomic E-state index is 0.0369. The molecule has 1 amide bonds. The molecule has 1 aliphatic rings. The summed E-state index contributed by atoms with van der Waals surface area (Å²) in [7, 11) is 0. The van der Waals surface area contributed by atoms with Crippen LogP contribution in [0.15, 0.2) is 0 Å². The fourth-order valence-corrected chi connectivity index (χ4v) is 2.33. The molecule has 0 bridgehead atoms. The molecule has 5 nitrogen and oxygen atoms in total. The van der Waals surface area contributed by atoms with Crippen LogP contribution in [0.3, 0.4) is 0 Å². The number of nitrogens with two attached hydrogens (primary N) is 1. The number of likely N-dealkylation sites (tertiary alicyclic amines) is 1. The summed E-state index contributed by atoms with van der Waals surface area (Å²) in [4.78, 5) is 26.0. The Kier molecular flexibility index (Phi) is 5.99. The lowest BCUT2D eigenvalue weighted by Gasteiger charge is -2.36. The normalized spacial score (nSPS) is 21.4. The molecule has 1 heterocycles. The second-order valence-electron chi connectivity index (χ2n) is 6.53. The zero-order valence-corrected chi connectivity index (χ0v) is 13.1. The largest absolute Gasteiger partial charge is 0.464 e. The van der Waals surface area contributed by atoms with E-state index in [4.69, 9.17) is 10.5 Å². The third kappa shape index (κ3) is 4.47. The first-order valence-corrected chi connectivity index (χ1v) is 7.49. The molecule has 0 saturated carbocycles. The maximum Gasteiger partial charge on any atom is 0.328 e. The number of carbonyl (C=O) groups is 2. The van der Waals surface area contributed by atoms with Crippen molar-refractivity contribution >= 4 is 11.9 Å². The highest BCUT2D eigenvalue weighted by molar-refractivity contribution is 5.85. The van der Waals surface area contributed by atoms with Gasteiger partial charge in [0.15, 0.2) is 0 Å². The molecule has 1 rings (SSSR count).